The number of hydrogen-bond acceptors (Lipinski definition) is 3. The van der Waals surface area contributed by atoms with Gasteiger partial charge < -0.3 is 0 Å². The van der Waals surface area contributed by atoms with Crippen molar-refractivity contribution in [2.24, 2.45) is 0 Å². The molecule has 0 N–H and O–H groups in total. The van der Waals surface area contributed by atoms with Crippen molar-refractivity contribution in [1.82, 2.24) is 0 Å². The molecule has 4 heteroatoms. The van der Waals surface area contributed by atoms with Crippen LogP contribution >= 0.6 is 0 Å². The van der Waals surface area contributed by atoms with Crippen molar-refractivity contribution >= 4 is 10.1 Å². The third-order valence-electron chi connectivity index (χ3n) is 2.24. The first-order valence-electron chi connectivity index (χ1n) is 4.78. The summed E-state index contributed by atoms with van der Waals surface area (Å²) in [6.07, 6.45) is 4.22. The predicted molar refractivity (Wildman–Crippen MR) is 63.7 cm³/mol. The molecule has 1 rings (SSSR count). The van der Waals surface area contributed by atoms with Crippen LogP contribution in [-0.2, 0) is 25.8 Å². The molecule has 0 aliphatic heterocycles. The summed E-state index contributed by atoms with van der Waals surface area (Å²) in [6.45, 7) is 3.85. The van der Waals surface area contributed by atoms with Crippen LogP contribution in [0.3, 0.4) is 0 Å². The topological polar surface area (TPSA) is 37.4 Å². The molecule has 0 aromatic heterocycles. The maximum absolute atomic E-state index is 11.4. The monoisotopic (exact) mass is 387 g/mol. The van der Waals surface area contributed by atoms with Gasteiger partial charge in [0.15, 0.2) is 0 Å². The van der Waals surface area contributed by atoms with Crippen LogP contribution < -0.4 is 15.8 Å². The molecule has 0 fully saturated rings. The Kier molecular flexibility index (Phi) is 4.31. The molecule has 0 bridgehead atoms. The van der Waals surface area contributed by atoms with Crippen LogP contribution in [0.1, 0.15) is 5.56 Å². The zero-order valence-electron chi connectivity index (χ0n) is 9.32. The van der Waals surface area contributed by atoms with Gasteiger partial charge in [0.05, 0.1) is 0 Å². The molecule has 1 aromatic rings. The van der Waals surface area contributed by atoms with Crippen LogP contribution in [0.25, 0.3) is 0 Å². The van der Waals surface area contributed by atoms with E-state index >= 15 is 0 Å². The van der Waals surface area contributed by atoms with Gasteiger partial charge in [-0.2, -0.15) is 0 Å². The molecule has 0 saturated carbocycles. The average Bonchev–Trinajstić information content (AvgIpc) is 2.24. The fourth-order valence-electron chi connectivity index (χ4n) is 1.53. The summed E-state index contributed by atoms with van der Waals surface area (Å²) < 4.78 is 1.97. The molecule has 0 heterocycles. The van der Waals surface area contributed by atoms with Gasteiger partial charge in [0, 0.05) is 0 Å². The minimum atomic E-state index is -0.386. The second-order valence-electron chi connectivity index (χ2n) is 3.71. The van der Waals surface area contributed by atoms with Crippen LogP contribution in [0.15, 0.2) is 33.9 Å². The molecule has 0 saturated heterocycles. The molecule has 0 aliphatic rings. The fraction of sp³-hybridized carbons (Fsp3) is 0.250. The standard InChI is InChI=1S/C12H13NO2.W/c1-5-6-8(2)7-9-10(13(3)4)12(15)11(9)14;/h1,5-6H,2,7H2,3-4H3;/b6-5-;. The Morgan fingerprint density at radius 2 is 2.00 bits per heavy atom. The van der Waals surface area contributed by atoms with Crippen molar-refractivity contribution in [2.45, 2.75) is 6.42 Å². The van der Waals surface area contributed by atoms with E-state index in [2.05, 4.69) is 6.58 Å². The van der Waals surface area contributed by atoms with Gasteiger partial charge in [-0.25, -0.2) is 0 Å². The Labute approximate surface area is 105 Å². The van der Waals surface area contributed by atoms with E-state index in [1.807, 2.05) is 16.6 Å². The zero-order chi connectivity index (χ0) is 12.3. The van der Waals surface area contributed by atoms with Crippen molar-refractivity contribution in [3.8, 4) is 0 Å². The first-order chi connectivity index (χ1) is 7.49. The average molecular weight is 387 g/mol. The minimum absolute atomic E-state index is 0.371. The summed E-state index contributed by atoms with van der Waals surface area (Å²) in [5, 5.41) is 0. The first-order valence-corrected chi connectivity index (χ1v) is 6.47. The fourth-order valence-corrected chi connectivity index (χ4v) is 1.81. The molecule has 3 nitrogen and oxygen atoms in total. The molecular formula is C12H13NO2W. The van der Waals surface area contributed by atoms with Crippen molar-refractivity contribution in [2.75, 3.05) is 19.0 Å². The van der Waals surface area contributed by atoms with Crippen molar-refractivity contribution < 1.29 is 19.4 Å². The van der Waals surface area contributed by atoms with Crippen LogP contribution in [0, 0.1) is 0 Å². The molecule has 0 amide bonds. The molecule has 0 atom stereocenters. The molecule has 0 aliphatic carbocycles. The van der Waals surface area contributed by atoms with Gasteiger partial charge in [0.2, 0.25) is 0 Å². The van der Waals surface area contributed by atoms with Crippen LogP contribution in [0.4, 0.5) is 5.69 Å². The van der Waals surface area contributed by atoms with Gasteiger partial charge in [-0.3, -0.25) is 0 Å². The summed E-state index contributed by atoms with van der Waals surface area (Å²) in [6, 6.07) is 0. The number of hydrogen-bond donors (Lipinski definition) is 0. The quantitative estimate of drug-likeness (QED) is 0.541. The zero-order valence-corrected chi connectivity index (χ0v) is 12.3. The molecule has 84 valence electrons. The van der Waals surface area contributed by atoms with E-state index in [1.165, 1.54) is 19.4 Å². The van der Waals surface area contributed by atoms with Crippen LogP contribution in [0.2, 0.25) is 0 Å². The van der Waals surface area contributed by atoms with E-state index in [1.54, 1.807) is 19.0 Å². The van der Waals surface area contributed by atoms with Crippen molar-refractivity contribution in [1.29, 1.82) is 0 Å². The molecule has 0 spiro atoms. The Hall–Kier alpha value is -1.08. The van der Waals surface area contributed by atoms with Gasteiger partial charge >= 0.3 is 105 Å². The van der Waals surface area contributed by atoms with E-state index in [0.29, 0.717) is 17.7 Å². The Bertz CT molecular complexity index is 519. The maximum atomic E-state index is 11.4. The number of rotatable bonds is 5. The molecule has 0 radical (unpaired) electrons. The summed E-state index contributed by atoms with van der Waals surface area (Å²) >= 11 is 1.36. The number of anilines is 1. The number of nitrogens with zero attached hydrogens (tertiary/aromatic N) is 1. The summed E-state index contributed by atoms with van der Waals surface area (Å²) in [7, 11) is 3.53. The molecule has 1 aromatic carbocycles. The Morgan fingerprint density at radius 3 is 2.50 bits per heavy atom. The third-order valence-corrected chi connectivity index (χ3v) is 2.81. The normalized spacial score (nSPS) is 10.9. The molecule has 16 heavy (non-hydrogen) atoms. The van der Waals surface area contributed by atoms with Gasteiger partial charge in [-0.1, -0.05) is 0 Å². The molecular weight excluding hydrogens is 374 g/mol. The predicted octanol–water partition coefficient (Wildman–Crippen LogP) is 0.353. The van der Waals surface area contributed by atoms with Crippen molar-refractivity contribution in [3.63, 3.8) is 0 Å². The number of allylic oxidation sites excluding steroid dienone is 3. The van der Waals surface area contributed by atoms with E-state index in [4.69, 9.17) is 0 Å². The van der Waals surface area contributed by atoms with Gasteiger partial charge in [-0.05, 0) is 0 Å². The summed E-state index contributed by atoms with van der Waals surface area (Å²) in [5.74, 6) is 0. The van der Waals surface area contributed by atoms with Crippen LogP contribution in [0.5, 0.6) is 0 Å². The first kappa shape index (κ1) is 13.0. The summed E-state index contributed by atoms with van der Waals surface area (Å²) in [4.78, 5) is 24.4. The van der Waals surface area contributed by atoms with Gasteiger partial charge in [-0.15, -0.1) is 0 Å². The van der Waals surface area contributed by atoms with E-state index in [-0.39, 0.29) is 10.9 Å². The van der Waals surface area contributed by atoms with Crippen LogP contribution in [-0.4, -0.2) is 18.5 Å². The molecule has 0 unspecified atom stereocenters. The van der Waals surface area contributed by atoms with Crippen molar-refractivity contribution in [3.05, 3.63) is 50.3 Å². The second kappa shape index (κ2) is 5.31. The van der Waals surface area contributed by atoms with E-state index in [9.17, 15) is 9.59 Å². The van der Waals surface area contributed by atoms with Gasteiger partial charge in [0.1, 0.15) is 0 Å². The Morgan fingerprint density at radius 1 is 1.38 bits per heavy atom. The van der Waals surface area contributed by atoms with E-state index < -0.39 is 0 Å². The third kappa shape index (κ3) is 2.53. The van der Waals surface area contributed by atoms with Gasteiger partial charge in [0.25, 0.3) is 0 Å². The summed E-state index contributed by atoms with van der Waals surface area (Å²) in [5.41, 5.74) is 1.18. The second-order valence-corrected chi connectivity index (χ2v) is 4.69. The SMILES string of the molecule is C=C(/C=C\[CH]=[W])Cc1c(N(C)C)c(=O)c1=O. The Balaban J connectivity index is 2.91. The van der Waals surface area contributed by atoms with E-state index in [0.717, 1.165) is 5.57 Å².